The first kappa shape index (κ1) is 13.1. The van der Waals surface area contributed by atoms with E-state index in [4.69, 9.17) is 11.6 Å². The highest BCUT2D eigenvalue weighted by Crippen LogP contribution is 2.15. The SMILES string of the molecule is Cc1nccn1CCN[C@@H](C)c1ccc(Cl)cc1. The van der Waals surface area contributed by atoms with Crippen LogP contribution in [0.3, 0.4) is 0 Å². The molecule has 1 atom stereocenters. The van der Waals surface area contributed by atoms with Gasteiger partial charge in [-0.3, -0.25) is 0 Å². The molecule has 1 aromatic heterocycles. The average Bonchev–Trinajstić information content (AvgIpc) is 2.76. The average molecular weight is 264 g/mol. The minimum Gasteiger partial charge on any atom is -0.334 e. The van der Waals surface area contributed by atoms with Crippen LogP contribution in [0, 0.1) is 6.92 Å². The van der Waals surface area contributed by atoms with E-state index in [1.807, 2.05) is 31.5 Å². The van der Waals surface area contributed by atoms with Gasteiger partial charge in [0.2, 0.25) is 0 Å². The van der Waals surface area contributed by atoms with E-state index >= 15 is 0 Å². The van der Waals surface area contributed by atoms with Crippen molar-refractivity contribution in [1.82, 2.24) is 14.9 Å². The van der Waals surface area contributed by atoms with Gasteiger partial charge in [-0.05, 0) is 31.5 Å². The normalized spacial score (nSPS) is 12.6. The van der Waals surface area contributed by atoms with Crippen LogP contribution < -0.4 is 5.32 Å². The Morgan fingerprint density at radius 2 is 2.06 bits per heavy atom. The van der Waals surface area contributed by atoms with Gasteiger partial charge in [-0.2, -0.15) is 0 Å². The van der Waals surface area contributed by atoms with E-state index in [-0.39, 0.29) is 0 Å². The van der Waals surface area contributed by atoms with Crippen LogP contribution >= 0.6 is 11.6 Å². The van der Waals surface area contributed by atoms with E-state index in [1.165, 1.54) is 5.56 Å². The lowest BCUT2D eigenvalue weighted by Crippen LogP contribution is -2.23. The van der Waals surface area contributed by atoms with E-state index < -0.39 is 0 Å². The number of nitrogens with zero attached hydrogens (tertiary/aromatic N) is 2. The number of benzene rings is 1. The van der Waals surface area contributed by atoms with Crippen molar-refractivity contribution in [3.05, 3.63) is 53.1 Å². The molecule has 0 fully saturated rings. The van der Waals surface area contributed by atoms with Crippen LogP contribution in [0.5, 0.6) is 0 Å². The van der Waals surface area contributed by atoms with Crippen LogP contribution in [0.15, 0.2) is 36.7 Å². The van der Waals surface area contributed by atoms with Crippen LogP contribution in [0.25, 0.3) is 0 Å². The predicted molar refractivity (Wildman–Crippen MR) is 74.8 cm³/mol. The molecule has 2 rings (SSSR count). The summed E-state index contributed by atoms with van der Waals surface area (Å²) in [6.07, 6.45) is 3.84. The fourth-order valence-electron chi connectivity index (χ4n) is 1.91. The van der Waals surface area contributed by atoms with Gasteiger partial charge in [0.1, 0.15) is 5.82 Å². The number of imidazole rings is 1. The summed E-state index contributed by atoms with van der Waals surface area (Å²) in [6, 6.07) is 8.29. The zero-order chi connectivity index (χ0) is 13.0. The molecule has 96 valence electrons. The van der Waals surface area contributed by atoms with Crippen molar-refractivity contribution < 1.29 is 0 Å². The molecule has 3 nitrogen and oxygen atoms in total. The second kappa shape index (κ2) is 6.03. The van der Waals surface area contributed by atoms with Crippen LogP contribution in [0.1, 0.15) is 24.4 Å². The molecule has 2 aromatic rings. The van der Waals surface area contributed by atoms with Gasteiger partial charge in [0, 0.05) is 36.5 Å². The lowest BCUT2D eigenvalue weighted by molar-refractivity contribution is 0.526. The number of hydrogen-bond acceptors (Lipinski definition) is 2. The van der Waals surface area contributed by atoms with Gasteiger partial charge in [0.15, 0.2) is 0 Å². The maximum absolute atomic E-state index is 5.87. The first-order valence-electron chi connectivity index (χ1n) is 6.13. The van der Waals surface area contributed by atoms with Crippen molar-refractivity contribution in [2.45, 2.75) is 26.4 Å². The van der Waals surface area contributed by atoms with Gasteiger partial charge in [0.05, 0.1) is 0 Å². The molecule has 0 spiro atoms. The molecule has 18 heavy (non-hydrogen) atoms. The zero-order valence-electron chi connectivity index (χ0n) is 10.7. The minimum atomic E-state index is 0.325. The number of aryl methyl sites for hydroxylation is 1. The summed E-state index contributed by atoms with van der Waals surface area (Å²) >= 11 is 5.87. The maximum atomic E-state index is 5.87. The Hall–Kier alpha value is -1.32. The van der Waals surface area contributed by atoms with Crippen molar-refractivity contribution in [2.24, 2.45) is 0 Å². The van der Waals surface area contributed by atoms with Gasteiger partial charge in [-0.15, -0.1) is 0 Å². The lowest BCUT2D eigenvalue weighted by atomic mass is 10.1. The van der Waals surface area contributed by atoms with Gasteiger partial charge in [-0.25, -0.2) is 4.98 Å². The molecular formula is C14H18ClN3. The molecule has 1 heterocycles. The monoisotopic (exact) mass is 263 g/mol. The summed E-state index contributed by atoms with van der Waals surface area (Å²) < 4.78 is 2.14. The second-order valence-electron chi connectivity index (χ2n) is 4.40. The highest BCUT2D eigenvalue weighted by atomic mass is 35.5. The molecule has 0 bridgehead atoms. The highest BCUT2D eigenvalue weighted by Gasteiger charge is 2.04. The molecule has 4 heteroatoms. The number of nitrogens with one attached hydrogen (secondary N) is 1. The van der Waals surface area contributed by atoms with E-state index in [0.717, 1.165) is 23.9 Å². The fraction of sp³-hybridized carbons (Fsp3) is 0.357. The second-order valence-corrected chi connectivity index (χ2v) is 4.83. The van der Waals surface area contributed by atoms with Crippen molar-refractivity contribution >= 4 is 11.6 Å². The Bertz CT molecular complexity index is 490. The van der Waals surface area contributed by atoms with E-state index in [9.17, 15) is 0 Å². The first-order valence-corrected chi connectivity index (χ1v) is 6.51. The summed E-state index contributed by atoms with van der Waals surface area (Å²) in [5.74, 6) is 1.05. The first-order chi connectivity index (χ1) is 8.66. The molecule has 0 amide bonds. The molecule has 0 aliphatic heterocycles. The lowest BCUT2D eigenvalue weighted by Gasteiger charge is -2.15. The van der Waals surface area contributed by atoms with Gasteiger partial charge in [-0.1, -0.05) is 23.7 Å². The predicted octanol–water partition coefficient (Wildman–Crippen LogP) is 3.20. The van der Waals surface area contributed by atoms with E-state index in [2.05, 4.69) is 33.9 Å². The molecular weight excluding hydrogens is 246 g/mol. The van der Waals surface area contributed by atoms with Gasteiger partial charge in [0.25, 0.3) is 0 Å². The fourth-order valence-corrected chi connectivity index (χ4v) is 2.04. The van der Waals surface area contributed by atoms with Crippen LogP contribution in [-0.4, -0.2) is 16.1 Å². The Kier molecular flexibility index (Phi) is 4.39. The Morgan fingerprint density at radius 1 is 1.33 bits per heavy atom. The molecule has 0 aliphatic carbocycles. The Morgan fingerprint density at radius 3 is 2.67 bits per heavy atom. The van der Waals surface area contributed by atoms with Crippen molar-refractivity contribution in [1.29, 1.82) is 0 Å². The molecule has 1 N–H and O–H groups in total. The van der Waals surface area contributed by atoms with Crippen molar-refractivity contribution in [3.8, 4) is 0 Å². The molecule has 0 radical (unpaired) electrons. The number of aromatic nitrogens is 2. The van der Waals surface area contributed by atoms with Gasteiger partial charge < -0.3 is 9.88 Å². The maximum Gasteiger partial charge on any atom is 0.105 e. The largest absolute Gasteiger partial charge is 0.334 e. The standard InChI is InChI=1S/C14H18ClN3/c1-11(13-3-5-14(15)6-4-13)16-7-9-18-10-8-17-12(18)2/h3-6,8,10-11,16H,7,9H2,1-2H3/t11-/m0/s1. The summed E-state index contributed by atoms with van der Waals surface area (Å²) in [5, 5.41) is 4.27. The summed E-state index contributed by atoms with van der Waals surface area (Å²) in [4.78, 5) is 4.20. The third kappa shape index (κ3) is 3.34. The third-order valence-electron chi connectivity index (χ3n) is 3.10. The number of hydrogen-bond donors (Lipinski definition) is 1. The molecule has 0 aliphatic rings. The number of rotatable bonds is 5. The smallest absolute Gasteiger partial charge is 0.105 e. The Labute approximate surface area is 113 Å². The van der Waals surface area contributed by atoms with Crippen LogP contribution in [-0.2, 0) is 6.54 Å². The molecule has 1 aromatic carbocycles. The minimum absolute atomic E-state index is 0.325. The van der Waals surface area contributed by atoms with E-state index in [0.29, 0.717) is 6.04 Å². The van der Waals surface area contributed by atoms with E-state index in [1.54, 1.807) is 0 Å². The van der Waals surface area contributed by atoms with Crippen LogP contribution in [0.2, 0.25) is 5.02 Å². The summed E-state index contributed by atoms with van der Waals surface area (Å²) in [7, 11) is 0. The number of halogens is 1. The highest BCUT2D eigenvalue weighted by molar-refractivity contribution is 6.30. The van der Waals surface area contributed by atoms with Crippen molar-refractivity contribution in [3.63, 3.8) is 0 Å². The van der Waals surface area contributed by atoms with Crippen molar-refractivity contribution in [2.75, 3.05) is 6.54 Å². The van der Waals surface area contributed by atoms with Crippen LogP contribution in [0.4, 0.5) is 0 Å². The topological polar surface area (TPSA) is 29.9 Å². The molecule has 0 saturated carbocycles. The summed E-state index contributed by atoms with van der Waals surface area (Å²) in [6.45, 7) is 6.03. The van der Waals surface area contributed by atoms with Gasteiger partial charge >= 0.3 is 0 Å². The summed E-state index contributed by atoms with van der Waals surface area (Å²) in [5.41, 5.74) is 1.25. The molecule has 0 saturated heterocycles. The zero-order valence-corrected chi connectivity index (χ0v) is 11.5. The quantitative estimate of drug-likeness (QED) is 0.898. The Balaban J connectivity index is 1.83. The third-order valence-corrected chi connectivity index (χ3v) is 3.35. The molecule has 0 unspecified atom stereocenters.